The van der Waals surface area contributed by atoms with Crippen molar-refractivity contribution >= 4 is 23.2 Å². The molecular weight excluding hydrogens is 270 g/mol. The molecule has 0 saturated carbocycles. The van der Waals surface area contributed by atoms with Crippen molar-refractivity contribution in [3.05, 3.63) is 65.2 Å². The second-order valence-corrected chi connectivity index (χ2v) is 5.50. The predicted octanol–water partition coefficient (Wildman–Crippen LogP) is 4.60. The highest BCUT2D eigenvalue weighted by Gasteiger charge is 2.30. The molecule has 1 atom stereocenters. The van der Waals surface area contributed by atoms with Gasteiger partial charge in [0.25, 0.3) is 0 Å². The van der Waals surface area contributed by atoms with Gasteiger partial charge in [-0.2, -0.15) is 0 Å². The Labute approximate surface area is 124 Å². The van der Waals surface area contributed by atoms with E-state index in [1.54, 1.807) is 0 Å². The Morgan fingerprint density at radius 1 is 1.00 bits per heavy atom. The zero-order valence-electron chi connectivity index (χ0n) is 11.1. The van der Waals surface area contributed by atoms with Gasteiger partial charge in [-0.3, -0.25) is 4.79 Å². The van der Waals surface area contributed by atoms with Crippen LogP contribution in [0.1, 0.15) is 30.9 Å². The highest BCUT2D eigenvalue weighted by atomic mass is 35.5. The van der Waals surface area contributed by atoms with Crippen molar-refractivity contribution in [2.24, 2.45) is 0 Å². The molecule has 1 aliphatic heterocycles. The summed E-state index contributed by atoms with van der Waals surface area (Å²) in [4.78, 5) is 14.3. The normalized spacial score (nSPS) is 19.1. The number of nitrogens with zero attached hydrogens (tertiary/aromatic N) is 1. The number of anilines is 1. The molecule has 0 radical (unpaired) electrons. The van der Waals surface area contributed by atoms with Gasteiger partial charge in [-0.05, 0) is 42.7 Å². The van der Waals surface area contributed by atoms with Gasteiger partial charge in [-0.25, -0.2) is 0 Å². The van der Waals surface area contributed by atoms with Crippen LogP contribution in [0.5, 0.6) is 0 Å². The second kappa shape index (κ2) is 5.68. The number of hydrogen-bond donors (Lipinski definition) is 0. The molecule has 2 nitrogen and oxygen atoms in total. The van der Waals surface area contributed by atoms with E-state index in [9.17, 15) is 4.79 Å². The van der Waals surface area contributed by atoms with E-state index in [0.717, 1.165) is 29.1 Å². The van der Waals surface area contributed by atoms with Gasteiger partial charge in [-0.15, -0.1) is 0 Å². The fourth-order valence-corrected chi connectivity index (χ4v) is 2.91. The fourth-order valence-electron chi connectivity index (χ4n) is 2.78. The van der Waals surface area contributed by atoms with Gasteiger partial charge in [0.2, 0.25) is 5.91 Å². The summed E-state index contributed by atoms with van der Waals surface area (Å²) in [6.07, 6.45) is 2.55. The number of halogens is 1. The summed E-state index contributed by atoms with van der Waals surface area (Å²) in [6.45, 7) is 0. The van der Waals surface area contributed by atoms with Crippen LogP contribution in [0.25, 0.3) is 0 Å². The summed E-state index contributed by atoms with van der Waals surface area (Å²) in [5.74, 6) is 0.197. The Hall–Kier alpha value is -1.80. The van der Waals surface area contributed by atoms with Crippen molar-refractivity contribution in [3.63, 3.8) is 0 Å². The number of carbonyl (C=O) groups excluding carboxylic acids is 1. The summed E-state index contributed by atoms with van der Waals surface area (Å²) < 4.78 is 0. The van der Waals surface area contributed by atoms with Crippen molar-refractivity contribution in [2.45, 2.75) is 25.3 Å². The van der Waals surface area contributed by atoms with Gasteiger partial charge in [0.15, 0.2) is 0 Å². The number of benzene rings is 2. The summed E-state index contributed by atoms with van der Waals surface area (Å²) >= 11 is 5.95. The predicted molar refractivity (Wildman–Crippen MR) is 82.0 cm³/mol. The van der Waals surface area contributed by atoms with Crippen LogP contribution >= 0.6 is 11.6 Å². The number of carbonyl (C=O) groups is 1. The van der Waals surface area contributed by atoms with E-state index in [1.807, 2.05) is 59.5 Å². The van der Waals surface area contributed by atoms with E-state index in [1.165, 1.54) is 0 Å². The molecule has 1 heterocycles. The van der Waals surface area contributed by atoms with Crippen molar-refractivity contribution in [1.29, 1.82) is 0 Å². The lowest BCUT2D eigenvalue weighted by Crippen LogP contribution is -2.38. The van der Waals surface area contributed by atoms with Crippen LogP contribution in [0.4, 0.5) is 5.69 Å². The third-order valence-electron chi connectivity index (χ3n) is 3.74. The Balaban J connectivity index is 1.98. The largest absolute Gasteiger partial charge is 0.305 e. The molecule has 0 aromatic heterocycles. The van der Waals surface area contributed by atoms with E-state index < -0.39 is 0 Å². The monoisotopic (exact) mass is 285 g/mol. The van der Waals surface area contributed by atoms with E-state index >= 15 is 0 Å². The summed E-state index contributed by atoms with van der Waals surface area (Å²) in [5.41, 5.74) is 2.11. The molecule has 1 fully saturated rings. The SMILES string of the molecule is O=C1CCC[C@H](c2ccc(Cl)cc2)N1c1ccccc1. The zero-order valence-corrected chi connectivity index (χ0v) is 11.9. The Morgan fingerprint density at radius 3 is 2.40 bits per heavy atom. The average Bonchev–Trinajstić information content (AvgIpc) is 2.49. The van der Waals surface area contributed by atoms with Gasteiger partial charge in [-0.1, -0.05) is 41.9 Å². The fraction of sp³-hybridized carbons (Fsp3) is 0.235. The highest BCUT2D eigenvalue weighted by Crippen LogP contribution is 2.35. The molecule has 0 aliphatic carbocycles. The smallest absolute Gasteiger partial charge is 0.227 e. The maximum absolute atomic E-state index is 12.3. The Bertz CT molecular complexity index is 594. The van der Waals surface area contributed by atoms with Crippen molar-refractivity contribution in [1.82, 2.24) is 0 Å². The van der Waals surface area contributed by atoms with Gasteiger partial charge in [0, 0.05) is 17.1 Å². The van der Waals surface area contributed by atoms with Crippen LogP contribution in [0, 0.1) is 0 Å². The first-order chi connectivity index (χ1) is 9.75. The molecule has 20 heavy (non-hydrogen) atoms. The molecule has 1 aliphatic rings. The van der Waals surface area contributed by atoms with E-state index in [-0.39, 0.29) is 11.9 Å². The van der Waals surface area contributed by atoms with Crippen molar-refractivity contribution in [2.75, 3.05) is 4.90 Å². The van der Waals surface area contributed by atoms with Crippen molar-refractivity contribution < 1.29 is 4.79 Å². The first kappa shape index (κ1) is 13.2. The lowest BCUT2D eigenvalue weighted by atomic mass is 9.94. The van der Waals surface area contributed by atoms with Crippen LogP contribution in [0.3, 0.4) is 0 Å². The van der Waals surface area contributed by atoms with E-state index in [4.69, 9.17) is 11.6 Å². The number of piperidine rings is 1. The zero-order chi connectivity index (χ0) is 13.9. The van der Waals surface area contributed by atoms with Crippen molar-refractivity contribution in [3.8, 4) is 0 Å². The second-order valence-electron chi connectivity index (χ2n) is 5.06. The topological polar surface area (TPSA) is 20.3 Å². The number of para-hydroxylation sites is 1. The highest BCUT2D eigenvalue weighted by molar-refractivity contribution is 6.30. The molecule has 2 aromatic carbocycles. The Kier molecular flexibility index (Phi) is 3.75. The Morgan fingerprint density at radius 2 is 1.70 bits per heavy atom. The molecule has 2 aromatic rings. The van der Waals surface area contributed by atoms with Gasteiger partial charge in [0.1, 0.15) is 0 Å². The minimum Gasteiger partial charge on any atom is -0.305 e. The standard InChI is InChI=1S/C17H16ClNO/c18-14-11-9-13(10-12-14)16-7-4-8-17(20)19(16)15-5-2-1-3-6-15/h1-3,5-6,9-12,16H,4,7-8H2/t16-/m1/s1. The molecule has 0 unspecified atom stereocenters. The lowest BCUT2D eigenvalue weighted by molar-refractivity contribution is -0.120. The lowest BCUT2D eigenvalue weighted by Gasteiger charge is -2.36. The number of rotatable bonds is 2. The molecule has 0 bridgehead atoms. The molecule has 3 rings (SSSR count). The number of hydrogen-bond acceptors (Lipinski definition) is 1. The molecule has 1 amide bonds. The van der Waals surface area contributed by atoms with Gasteiger partial charge in [0.05, 0.1) is 6.04 Å². The molecular formula is C17H16ClNO. The first-order valence-electron chi connectivity index (χ1n) is 6.88. The molecule has 3 heteroatoms. The number of amides is 1. The van der Waals surface area contributed by atoms with Crippen LogP contribution in [-0.4, -0.2) is 5.91 Å². The average molecular weight is 286 g/mol. The molecule has 0 N–H and O–H groups in total. The van der Waals surface area contributed by atoms with Gasteiger partial charge < -0.3 is 4.90 Å². The van der Waals surface area contributed by atoms with E-state index in [2.05, 4.69) is 0 Å². The van der Waals surface area contributed by atoms with Crippen LogP contribution < -0.4 is 4.90 Å². The maximum atomic E-state index is 12.3. The maximum Gasteiger partial charge on any atom is 0.227 e. The van der Waals surface area contributed by atoms with Crippen LogP contribution in [0.15, 0.2) is 54.6 Å². The quantitative estimate of drug-likeness (QED) is 0.790. The summed E-state index contributed by atoms with van der Waals surface area (Å²) in [5, 5.41) is 0.724. The third kappa shape index (κ3) is 2.56. The minimum absolute atomic E-state index is 0.107. The minimum atomic E-state index is 0.107. The van der Waals surface area contributed by atoms with Crippen LogP contribution in [0.2, 0.25) is 5.02 Å². The summed E-state index contributed by atoms with van der Waals surface area (Å²) in [6, 6.07) is 17.8. The molecule has 102 valence electrons. The molecule has 1 saturated heterocycles. The first-order valence-corrected chi connectivity index (χ1v) is 7.26. The summed E-state index contributed by atoms with van der Waals surface area (Å²) in [7, 11) is 0. The van der Waals surface area contributed by atoms with Gasteiger partial charge >= 0.3 is 0 Å². The molecule has 0 spiro atoms. The van der Waals surface area contributed by atoms with E-state index in [0.29, 0.717) is 6.42 Å². The van der Waals surface area contributed by atoms with Crippen LogP contribution in [-0.2, 0) is 4.79 Å². The third-order valence-corrected chi connectivity index (χ3v) is 3.99.